The minimum atomic E-state index is -1.30. The Morgan fingerprint density at radius 2 is 1.52 bits per heavy atom. The van der Waals surface area contributed by atoms with Crippen LogP contribution in [0.1, 0.15) is 10.4 Å². The van der Waals surface area contributed by atoms with Crippen molar-refractivity contribution in [2.45, 2.75) is 0 Å². The van der Waals surface area contributed by atoms with Crippen molar-refractivity contribution in [2.75, 3.05) is 10.6 Å². The topological polar surface area (TPSA) is 78.4 Å². The molecular formula is C14H10F2N2O3. The Labute approximate surface area is 118 Å². The van der Waals surface area contributed by atoms with E-state index >= 15 is 0 Å². The second-order valence-corrected chi connectivity index (χ2v) is 4.08. The van der Waals surface area contributed by atoms with Crippen molar-refractivity contribution < 1.29 is 23.5 Å². The number of benzene rings is 2. The molecule has 2 rings (SSSR count). The van der Waals surface area contributed by atoms with Crippen molar-refractivity contribution in [1.29, 1.82) is 0 Å². The number of carbonyl (C=O) groups is 2. The number of rotatable bonds is 3. The minimum Gasteiger partial charge on any atom is -0.478 e. The SMILES string of the molecule is O=C(Nc1ccc(F)cc1)Nc1cc(F)ccc1C(=O)O. The second kappa shape index (κ2) is 6.00. The summed E-state index contributed by atoms with van der Waals surface area (Å²) in [4.78, 5) is 22.7. The highest BCUT2D eigenvalue weighted by atomic mass is 19.1. The molecule has 2 aromatic rings. The molecule has 0 spiro atoms. The smallest absolute Gasteiger partial charge is 0.337 e. The summed E-state index contributed by atoms with van der Waals surface area (Å²) in [6, 6.07) is 7.12. The Bertz CT molecular complexity index is 687. The Hall–Kier alpha value is -2.96. The van der Waals surface area contributed by atoms with Gasteiger partial charge in [-0.1, -0.05) is 0 Å². The molecule has 5 nitrogen and oxygen atoms in total. The lowest BCUT2D eigenvalue weighted by Gasteiger charge is -2.10. The van der Waals surface area contributed by atoms with E-state index in [2.05, 4.69) is 10.6 Å². The van der Waals surface area contributed by atoms with Crippen molar-refractivity contribution >= 4 is 23.4 Å². The van der Waals surface area contributed by atoms with E-state index in [4.69, 9.17) is 5.11 Å². The summed E-state index contributed by atoms with van der Waals surface area (Å²) in [5, 5.41) is 13.6. The number of aromatic carboxylic acids is 1. The van der Waals surface area contributed by atoms with Crippen molar-refractivity contribution in [2.24, 2.45) is 0 Å². The van der Waals surface area contributed by atoms with Gasteiger partial charge >= 0.3 is 12.0 Å². The number of amides is 2. The molecule has 21 heavy (non-hydrogen) atoms. The van der Waals surface area contributed by atoms with Crippen LogP contribution in [0.25, 0.3) is 0 Å². The highest BCUT2D eigenvalue weighted by Crippen LogP contribution is 2.18. The number of hydrogen-bond donors (Lipinski definition) is 3. The molecule has 0 aliphatic carbocycles. The first-order valence-corrected chi connectivity index (χ1v) is 5.82. The lowest BCUT2D eigenvalue weighted by molar-refractivity contribution is 0.0698. The molecule has 0 aliphatic heterocycles. The van der Waals surface area contributed by atoms with Gasteiger partial charge in [0, 0.05) is 5.69 Å². The zero-order valence-electron chi connectivity index (χ0n) is 10.6. The molecule has 0 aliphatic rings. The predicted octanol–water partition coefficient (Wildman–Crippen LogP) is 3.31. The lowest BCUT2D eigenvalue weighted by atomic mass is 10.2. The number of carboxylic acids is 1. The van der Waals surface area contributed by atoms with Crippen LogP contribution in [0.3, 0.4) is 0 Å². The molecule has 2 aromatic carbocycles. The fourth-order valence-electron chi connectivity index (χ4n) is 1.62. The molecular weight excluding hydrogens is 282 g/mol. The summed E-state index contributed by atoms with van der Waals surface area (Å²) in [6.07, 6.45) is 0. The molecule has 0 atom stereocenters. The number of nitrogens with one attached hydrogen (secondary N) is 2. The van der Waals surface area contributed by atoms with Crippen LogP contribution >= 0.6 is 0 Å². The first-order valence-electron chi connectivity index (χ1n) is 5.82. The monoisotopic (exact) mass is 292 g/mol. The Balaban J connectivity index is 2.14. The largest absolute Gasteiger partial charge is 0.478 e. The van der Waals surface area contributed by atoms with E-state index in [1.54, 1.807) is 0 Å². The average molecular weight is 292 g/mol. The van der Waals surface area contributed by atoms with Crippen LogP contribution in [0.4, 0.5) is 25.0 Å². The third kappa shape index (κ3) is 3.75. The van der Waals surface area contributed by atoms with Crippen LogP contribution in [-0.4, -0.2) is 17.1 Å². The average Bonchev–Trinajstić information content (AvgIpc) is 2.41. The molecule has 0 radical (unpaired) electrons. The zero-order chi connectivity index (χ0) is 15.4. The Morgan fingerprint density at radius 3 is 2.14 bits per heavy atom. The first kappa shape index (κ1) is 14.4. The van der Waals surface area contributed by atoms with Crippen LogP contribution in [0, 0.1) is 11.6 Å². The van der Waals surface area contributed by atoms with Gasteiger partial charge in [-0.2, -0.15) is 0 Å². The van der Waals surface area contributed by atoms with Crippen LogP contribution in [0.5, 0.6) is 0 Å². The van der Waals surface area contributed by atoms with Gasteiger partial charge in [0.2, 0.25) is 0 Å². The number of anilines is 2. The maximum Gasteiger partial charge on any atom is 0.337 e. The molecule has 0 heterocycles. The number of halogens is 2. The summed E-state index contributed by atoms with van der Waals surface area (Å²) in [5.41, 5.74) is -0.116. The van der Waals surface area contributed by atoms with E-state index in [0.29, 0.717) is 5.69 Å². The summed E-state index contributed by atoms with van der Waals surface area (Å²) in [6.45, 7) is 0. The third-order valence-electron chi connectivity index (χ3n) is 2.56. The number of urea groups is 1. The second-order valence-electron chi connectivity index (χ2n) is 4.08. The van der Waals surface area contributed by atoms with Crippen LogP contribution in [0.15, 0.2) is 42.5 Å². The van der Waals surface area contributed by atoms with E-state index in [1.165, 1.54) is 12.1 Å². The molecule has 2 amide bonds. The molecule has 7 heteroatoms. The summed E-state index contributed by atoms with van der Waals surface area (Å²) < 4.78 is 25.8. The molecule has 108 valence electrons. The van der Waals surface area contributed by atoms with Gasteiger partial charge in [-0.05, 0) is 42.5 Å². The molecule has 0 bridgehead atoms. The van der Waals surface area contributed by atoms with E-state index < -0.39 is 23.6 Å². The summed E-state index contributed by atoms with van der Waals surface area (Å²) in [7, 11) is 0. The zero-order valence-corrected chi connectivity index (χ0v) is 10.6. The Morgan fingerprint density at radius 1 is 0.905 bits per heavy atom. The predicted molar refractivity (Wildman–Crippen MR) is 72.4 cm³/mol. The van der Waals surface area contributed by atoms with Crippen molar-refractivity contribution in [3.05, 3.63) is 59.7 Å². The van der Waals surface area contributed by atoms with Gasteiger partial charge in [0.05, 0.1) is 11.3 Å². The Kier molecular flexibility index (Phi) is 4.13. The van der Waals surface area contributed by atoms with Gasteiger partial charge in [0.1, 0.15) is 11.6 Å². The van der Waals surface area contributed by atoms with Crippen molar-refractivity contribution in [3.63, 3.8) is 0 Å². The van der Waals surface area contributed by atoms with E-state index in [0.717, 1.165) is 30.3 Å². The number of hydrogen-bond acceptors (Lipinski definition) is 2. The lowest BCUT2D eigenvalue weighted by Crippen LogP contribution is -2.21. The molecule has 0 saturated heterocycles. The molecule has 0 fully saturated rings. The number of carboxylic acid groups (broad SMARTS) is 1. The van der Waals surface area contributed by atoms with Crippen molar-refractivity contribution in [1.82, 2.24) is 0 Å². The van der Waals surface area contributed by atoms with Gasteiger partial charge in [-0.3, -0.25) is 0 Å². The van der Waals surface area contributed by atoms with Gasteiger partial charge in [-0.15, -0.1) is 0 Å². The van der Waals surface area contributed by atoms with Crippen molar-refractivity contribution in [3.8, 4) is 0 Å². The van der Waals surface area contributed by atoms with Crippen LogP contribution < -0.4 is 10.6 Å². The number of carbonyl (C=O) groups excluding carboxylic acids is 1. The summed E-state index contributed by atoms with van der Waals surface area (Å²) >= 11 is 0. The summed E-state index contributed by atoms with van der Waals surface area (Å²) in [5.74, 6) is -2.44. The van der Waals surface area contributed by atoms with E-state index in [-0.39, 0.29) is 11.3 Å². The fourth-order valence-corrected chi connectivity index (χ4v) is 1.62. The van der Waals surface area contributed by atoms with Crippen LogP contribution in [-0.2, 0) is 0 Å². The molecule has 0 aromatic heterocycles. The molecule has 0 saturated carbocycles. The fraction of sp³-hybridized carbons (Fsp3) is 0. The van der Waals surface area contributed by atoms with Gasteiger partial charge in [0.15, 0.2) is 0 Å². The van der Waals surface area contributed by atoms with E-state index in [9.17, 15) is 18.4 Å². The van der Waals surface area contributed by atoms with Gasteiger partial charge in [-0.25, -0.2) is 18.4 Å². The minimum absolute atomic E-state index is 0.179. The quantitative estimate of drug-likeness (QED) is 0.812. The third-order valence-corrected chi connectivity index (χ3v) is 2.56. The van der Waals surface area contributed by atoms with E-state index in [1.807, 2.05) is 0 Å². The molecule has 3 N–H and O–H groups in total. The maximum absolute atomic E-state index is 13.1. The molecule has 0 unspecified atom stereocenters. The van der Waals surface area contributed by atoms with Crippen LogP contribution in [0.2, 0.25) is 0 Å². The van der Waals surface area contributed by atoms with Gasteiger partial charge in [0.25, 0.3) is 0 Å². The highest BCUT2D eigenvalue weighted by molar-refractivity contribution is 6.04. The maximum atomic E-state index is 13.1. The first-order chi connectivity index (χ1) is 9.95. The normalized spacial score (nSPS) is 10.0. The standard InChI is InChI=1S/C14H10F2N2O3/c15-8-1-4-10(5-2-8)17-14(21)18-12-7-9(16)3-6-11(12)13(19)20/h1-7H,(H,19,20)(H2,17,18,21). The highest BCUT2D eigenvalue weighted by Gasteiger charge is 2.13. The van der Waals surface area contributed by atoms with Gasteiger partial charge < -0.3 is 15.7 Å².